The largest absolute Gasteiger partial charge is 0.453 e. The maximum absolute atomic E-state index is 13.4. The molecule has 0 aromatic heterocycles. The fourth-order valence-electron chi connectivity index (χ4n) is 2.15. The second-order valence-corrected chi connectivity index (χ2v) is 4.69. The quantitative estimate of drug-likeness (QED) is 0.897. The minimum atomic E-state index is -0.388. The van der Waals surface area contributed by atoms with Crippen LogP contribution in [0.1, 0.15) is 5.56 Å². The number of carbonyl (C=O) groups is 2. The fourth-order valence-corrected chi connectivity index (χ4v) is 2.15. The van der Waals surface area contributed by atoms with E-state index in [1.54, 1.807) is 28.0 Å². The first-order valence-corrected chi connectivity index (χ1v) is 6.71. The lowest BCUT2D eigenvalue weighted by molar-refractivity contribution is 0.0970. The Morgan fingerprint density at radius 2 is 1.81 bits per heavy atom. The van der Waals surface area contributed by atoms with Gasteiger partial charge in [0.1, 0.15) is 5.82 Å². The molecule has 1 aliphatic heterocycles. The molecule has 3 amide bonds. The molecule has 0 atom stereocenters. The Balaban J connectivity index is 1.80. The van der Waals surface area contributed by atoms with Crippen molar-refractivity contribution in [1.82, 2.24) is 15.1 Å². The van der Waals surface area contributed by atoms with Crippen LogP contribution < -0.4 is 5.32 Å². The van der Waals surface area contributed by atoms with Crippen LogP contribution in [-0.2, 0) is 11.3 Å². The van der Waals surface area contributed by atoms with Gasteiger partial charge in [0.25, 0.3) is 0 Å². The second-order valence-electron chi connectivity index (χ2n) is 4.69. The monoisotopic (exact) mass is 295 g/mol. The van der Waals surface area contributed by atoms with Crippen LogP contribution >= 0.6 is 0 Å². The van der Waals surface area contributed by atoms with Crippen molar-refractivity contribution in [1.29, 1.82) is 0 Å². The minimum Gasteiger partial charge on any atom is -0.453 e. The normalized spacial score (nSPS) is 14.8. The summed E-state index contributed by atoms with van der Waals surface area (Å²) >= 11 is 0. The topological polar surface area (TPSA) is 61.9 Å². The molecular weight excluding hydrogens is 277 g/mol. The van der Waals surface area contributed by atoms with Crippen molar-refractivity contribution in [3.8, 4) is 0 Å². The zero-order chi connectivity index (χ0) is 15.2. The number of hydrogen-bond donors (Lipinski definition) is 1. The van der Waals surface area contributed by atoms with Gasteiger partial charge in [0.05, 0.1) is 7.11 Å². The van der Waals surface area contributed by atoms with Crippen LogP contribution in [0.2, 0.25) is 0 Å². The van der Waals surface area contributed by atoms with E-state index in [4.69, 9.17) is 0 Å². The van der Waals surface area contributed by atoms with Gasteiger partial charge in [-0.3, -0.25) is 0 Å². The first kappa shape index (κ1) is 15.1. The van der Waals surface area contributed by atoms with Crippen LogP contribution in [-0.4, -0.2) is 55.2 Å². The molecule has 1 N–H and O–H groups in total. The van der Waals surface area contributed by atoms with E-state index < -0.39 is 0 Å². The molecule has 0 unspecified atom stereocenters. The predicted molar refractivity (Wildman–Crippen MR) is 74.2 cm³/mol. The van der Waals surface area contributed by atoms with Gasteiger partial charge >= 0.3 is 12.1 Å². The smallest absolute Gasteiger partial charge is 0.409 e. The first-order valence-electron chi connectivity index (χ1n) is 6.71. The van der Waals surface area contributed by atoms with Gasteiger partial charge in [0, 0.05) is 38.3 Å². The summed E-state index contributed by atoms with van der Waals surface area (Å²) in [5, 5.41) is 2.68. The molecule has 1 aromatic rings. The Bertz CT molecular complexity index is 516. The number of benzene rings is 1. The number of methoxy groups -OCH3 is 1. The van der Waals surface area contributed by atoms with Crippen LogP contribution in [0.4, 0.5) is 14.0 Å². The van der Waals surface area contributed by atoms with Crippen molar-refractivity contribution in [2.45, 2.75) is 6.54 Å². The summed E-state index contributed by atoms with van der Waals surface area (Å²) in [5.74, 6) is -0.340. The van der Waals surface area contributed by atoms with E-state index in [0.717, 1.165) is 0 Å². The van der Waals surface area contributed by atoms with E-state index in [1.165, 1.54) is 13.2 Å². The average molecular weight is 295 g/mol. The van der Waals surface area contributed by atoms with Gasteiger partial charge in [0.15, 0.2) is 0 Å². The SMILES string of the molecule is COC(=O)N1CCN(C(=O)NCc2ccccc2F)CC1. The molecule has 0 spiro atoms. The van der Waals surface area contributed by atoms with Crippen LogP contribution in [0.3, 0.4) is 0 Å². The molecule has 1 saturated heterocycles. The highest BCUT2D eigenvalue weighted by Crippen LogP contribution is 2.07. The highest BCUT2D eigenvalue weighted by molar-refractivity contribution is 5.75. The van der Waals surface area contributed by atoms with Crippen molar-refractivity contribution >= 4 is 12.1 Å². The Morgan fingerprint density at radius 3 is 2.43 bits per heavy atom. The number of urea groups is 1. The molecule has 1 aromatic carbocycles. The van der Waals surface area contributed by atoms with Crippen molar-refractivity contribution in [2.24, 2.45) is 0 Å². The lowest BCUT2D eigenvalue weighted by Crippen LogP contribution is -2.53. The van der Waals surface area contributed by atoms with Crippen molar-refractivity contribution in [2.75, 3.05) is 33.3 Å². The molecule has 1 aliphatic rings. The van der Waals surface area contributed by atoms with Crippen molar-refractivity contribution in [3.05, 3.63) is 35.6 Å². The van der Waals surface area contributed by atoms with Crippen molar-refractivity contribution in [3.63, 3.8) is 0 Å². The number of piperazine rings is 1. The van der Waals surface area contributed by atoms with E-state index >= 15 is 0 Å². The summed E-state index contributed by atoms with van der Waals surface area (Å²) in [6, 6.07) is 6.05. The lowest BCUT2D eigenvalue weighted by Gasteiger charge is -2.33. The molecular formula is C14H18FN3O3. The molecule has 1 heterocycles. The molecule has 1 fully saturated rings. The second kappa shape index (κ2) is 6.92. The van der Waals surface area contributed by atoms with Crippen LogP contribution in [0.15, 0.2) is 24.3 Å². The van der Waals surface area contributed by atoms with E-state index in [9.17, 15) is 14.0 Å². The number of nitrogens with one attached hydrogen (secondary N) is 1. The Hall–Kier alpha value is -2.31. The summed E-state index contributed by atoms with van der Waals surface area (Å²) in [6.45, 7) is 1.86. The molecule has 7 heteroatoms. The van der Waals surface area contributed by atoms with E-state index in [1.807, 2.05) is 0 Å². The van der Waals surface area contributed by atoms with Gasteiger partial charge < -0.3 is 19.9 Å². The van der Waals surface area contributed by atoms with Crippen LogP contribution in [0.25, 0.3) is 0 Å². The zero-order valence-corrected chi connectivity index (χ0v) is 11.8. The van der Waals surface area contributed by atoms with Crippen LogP contribution in [0.5, 0.6) is 0 Å². The summed E-state index contributed by atoms with van der Waals surface area (Å²) in [4.78, 5) is 26.5. The van der Waals surface area contributed by atoms with Gasteiger partial charge in [-0.2, -0.15) is 0 Å². The summed E-state index contributed by atoms with van der Waals surface area (Å²) < 4.78 is 18.1. The maximum Gasteiger partial charge on any atom is 0.409 e. The highest BCUT2D eigenvalue weighted by Gasteiger charge is 2.24. The highest BCUT2D eigenvalue weighted by atomic mass is 19.1. The number of halogens is 1. The third-order valence-electron chi connectivity index (χ3n) is 3.39. The Morgan fingerprint density at radius 1 is 1.19 bits per heavy atom. The molecule has 0 bridgehead atoms. The molecule has 114 valence electrons. The standard InChI is InChI=1S/C14H18FN3O3/c1-21-14(20)18-8-6-17(7-9-18)13(19)16-10-11-4-2-3-5-12(11)15/h2-5H,6-10H2,1H3,(H,16,19). The lowest BCUT2D eigenvalue weighted by atomic mass is 10.2. The predicted octanol–water partition coefficient (Wildman–Crippen LogP) is 1.42. The number of nitrogens with zero attached hydrogens (tertiary/aromatic N) is 2. The average Bonchev–Trinajstić information content (AvgIpc) is 2.53. The first-order chi connectivity index (χ1) is 10.1. The summed E-state index contributed by atoms with van der Waals surface area (Å²) in [7, 11) is 1.33. The molecule has 2 rings (SSSR count). The Labute approximate surface area is 122 Å². The molecule has 21 heavy (non-hydrogen) atoms. The number of hydrogen-bond acceptors (Lipinski definition) is 3. The third kappa shape index (κ3) is 3.84. The maximum atomic E-state index is 13.4. The molecule has 0 radical (unpaired) electrons. The number of ether oxygens (including phenoxy) is 1. The zero-order valence-electron chi connectivity index (χ0n) is 11.8. The fraction of sp³-hybridized carbons (Fsp3) is 0.429. The van der Waals surface area contributed by atoms with Gasteiger partial charge in [-0.1, -0.05) is 18.2 Å². The van der Waals surface area contributed by atoms with Gasteiger partial charge in [-0.25, -0.2) is 14.0 Å². The minimum absolute atomic E-state index is 0.142. The Kier molecular flexibility index (Phi) is 4.97. The van der Waals surface area contributed by atoms with E-state index in [0.29, 0.717) is 31.7 Å². The number of rotatable bonds is 2. The molecule has 6 nitrogen and oxygen atoms in total. The number of amides is 3. The summed E-state index contributed by atoms with van der Waals surface area (Å²) in [6.07, 6.45) is -0.388. The summed E-state index contributed by atoms with van der Waals surface area (Å²) in [5.41, 5.74) is 0.444. The number of carbonyl (C=O) groups excluding carboxylic acids is 2. The van der Waals surface area contributed by atoms with E-state index in [2.05, 4.69) is 10.1 Å². The molecule has 0 aliphatic carbocycles. The van der Waals surface area contributed by atoms with Crippen molar-refractivity contribution < 1.29 is 18.7 Å². The van der Waals surface area contributed by atoms with E-state index in [-0.39, 0.29) is 24.5 Å². The molecule has 0 saturated carbocycles. The van der Waals surface area contributed by atoms with Gasteiger partial charge in [-0.05, 0) is 6.07 Å². The third-order valence-corrected chi connectivity index (χ3v) is 3.39. The van der Waals surface area contributed by atoms with Gasteiger partial charge in [-0.15, -0.1) is 0 Å². The van der Waals surface area contributed by atoms with Crippen LogP contribution in [0, 0.1) is 5.82 Å². The van der Waals surface area contributed by atoms with Gasteiger partial charge in [0.2, 0.25) is 0 Å².